The molecule has 0 radical (unpaired) electrons. The Morgan fingerprint density at radius 1 is 1.32 bits per heavy atom. The van der Waals surface area contributed by atoms with E-state index in [1.165, 1.54) is 22.9 Å². The summed E-state index contributed by atoms with van der Waals surface area (Å²) in [4.78, 5) is 24.9. The quantitative estimate of drug-likeness (QED) is 0.467. The summed E-state index contributed by atoms with van der Waals surface area (Å²) in [5.41, 5.74) is 0.941. The molecule has 1 aromatic heterocycles. The normalized spacial score (nSPS) is 10.2. The molecule has 0 atom stereocenters. The van der Waals surface area contributed by atoms with E-state index in [0.717, 1.165) is 11.8 Å². The predicted molar refractivity (Wildman–Crippen MR) is 77.6 cm³/mol. The minimum absolute atomic E-state index is 0. The van der Waals surface area contributed by atoms with Crippen molar-refractivity contribution >= 4 is 30.1 Å². The third kappa shape index (κ3) is 3.91. The number of imidazole rings is 1. The van der Waals surface area contributed by atoms with Crippen LogP contribution in [0.3, 0.4) is 0 Å². The molecular formula is C14H11N3NaO4+. The van der Waals surface area contributed by atoms with Crippen molar-refractivity contribution in [3.05, 3.63) is 64.1 Å². The molecule has 22 heavy (non-hydrogen) atoms. The Labute approximate surface area is 148 Å². The molecule has 0 unspecified atom stereocenters. The number of rotatable bonds is 5. The van der Waals surface area contributed by atoms with Crippen LogP contribution in [-0.2, 0) is 0 Å². The fourth-order valence-corrected chi connectivity index (χ4v) is 1.72. The summed E-state index contributed by atoms with van der Waals surface area (Å²) in [5, 5.41) is 19.6. The van der Waals surface area contributed by atoms with E-state index in [9.17, 15) is 14.9 Å². The van der Waals surface area contributed by atoms with Gasteiger partial charge in [0.25, 0.3) is 0 Å². The fourth-order valence-electron chi connectivity index (χ4n) is 1.72. The molecule has 1 N–H and O–H groups in total. The Morgan fingerprint density at radius 3 is 2.45 bits per heavy atom. The second-order valence-electron chi connectivity index (χ2n) is 4.04. The van der Waals surface area contributed by atoms with E-state index in [1.54, 1.807) is 24.3 Å². The van der Waals surface area contributed by atoms with Gasteiger partial charge in [0.2, 0.25) is 5.82 Å². The second-order valence-corrected chi connectivity index (χ2v) is 4.04. The number of carbonyl (C=O) groups is 1. The van der Waals surface area contributed by atoms with Gasteiger partial charge in [0.05, 0.1) is 11.8 Å². The fraction of sp³-hybridized carbons (Fsp3) is 0. The zero-order valence-corrected chi connectivity index (χ0v) is 13.8. The van der Waals surface area contributed by atoms with E-state index < -0.39 is 10.9 Å². The Kier molecular flexibility index (Phi) is 6.24. The summed E-state index contributed by atoms with van der Waals surface area (Å²) in [6.07, 6.45) is 5.72. The van der Waals surface area contributed by atoms with Crippen molar-refractivity contribution in [2.24, 2.45) is 0 Å². The largest absolute Gasteiger partial charge is 1.00 e. The Balaban J connectivity index is 0.00000242. The summed E-state index contributed by atoms with van der Waals surface area (Å²) in [7, 11) is 0. The number of hydrogen-bond acceptors (Lipinski definition) is 4. The van der Waals surface area contributed by atoms with Gasteiger partial charge in [-0.05, 0) is 28.7 Å². The molecule has 1 heterocycles. The molecule has 2 aromatic rings. The van der Waals surface area contributed by atoms with Gasteiger partial charge in [-0.15, -0.1) is 0 Å². The van der Waals surface area contributed by atoms with E-state index >= 15 is 0 Å². The summed E-state index contributed by atoms with van der Waals surface area (Å²) in [5.74, 6) is -0.812. The SMILES string of the molecule is C=Cn1c([N+](=O)[O-])cnc1/C=C/c1ccc(C(=O)O)cc1.[Na+]. The van der Waals surface area contributed by atoms with Crippen LogP contribution < -0.4 is 29.6 Å². The van der Waals surface area contributed by atoms with E-state index in [-0.39, 0.29) is 40.9 Å². The molecule has 1 aromatic carbocycles. The molecule has 8 heteroatoms. The number of carboxylic acid groups (broad SMARTS) is 1. The molecule has 0 saturated carbocycles. The van der Waals surface area contributed by atoms with Crippen LogP contribution in [0.2, 0.25) is 0 Å². The van der Waals surface area contributed by atoms with Crippen LogP contribution in [-0.4, -0.2) is 25.6 Å². The molecule has 0 amide bonds. The van der Waals surface area contributed by atoms with Crippen molar-refractivity contribution in [1.29, 1.82) is 0 Å². The smallest absolute Gasteiger partial charge is 0.478 e. The minimum Gasteiger partial charge on any atom is -0.478 e. The third-order valence-corrected chi connectivity index (χ3v) is 2.76. The molecule has 0 fully saturated rings. The monoisotopic (exact) mass is 308 g/mol. The topological polar surface area (TPSA) is 98.3 Å². The van der Waals surface area contributed by atoms with Crippen LogP contribution in [0.15, 0.2) is 37.0 Å². The second kappa shape index (κ2) is 7.69. The van der Waals surface area contributed by atoms with Crippen molar-refractivity contribution in [2.45, 2.75) is 0 Å². The maximum atomic E-state index is 10.8. The molecule has 0 aliphatic rings. The molecule has 0 aliphatic carbocycles. The van der Waals surface area contributed by atoms with Crippen LogP contribution in [0, 0.1) is 10.1 Å². The average molecular weight is 308 g/mol. The van der Waals surface area contributed by atoms with E-state index in [4.69, 9.17) is 5.11 Å². The number of nitro groups is 1. The van der Waals surface area contributed by atoms with Crippen LogP contribution in [0.1, 0.15) is 21.7 Å². The van der Waals surface area contributed by atoms with Crippen molar-refractivity contribution in [2.75, 3.05) is 0 Å². The number of benzene rings is 1. The molecule has 7 nitrogen and oxygen atoms in total. The summed E-state index contributed by atoms with van der Waals surface area (Å²) >= 11 is 0. The summed E-state index contributed by atoms with van der Waals surface area (Å²) < 4.78 is 1.25. The number of carboxylic acids is 1. The van der Waals surface area contributed by atoms with Crippen molar-refractivity contribution in [1.82, 2.24) is 9.55 Å². The van der Waals surface area contributed by atoms with Crippen molar-refractivity contribution < 1.29 is 44.4 Å². The molecule has 0 bridgehead atoms. The first-order chi connectivity index (χ1) is 10.0. The summed E-state index contributed by atoms with van der Waals surface area (Å²) in [6, 6.07) is 6.22. The predicted octanol–water partition coefficient (Wildman–Crippen LogP) is -0.236. The van der Waals surface area contributed by atoms with Gasteiger partial charge in [-0.2, -0.15) is 4.57 Å². The first kappa shape index (κ1) is 17.8. The van der Waals surface area contributed by atoms with Crippen LogP contribution in [0.5, 0.6) is 0 Å². The van der Waals surface area contributed by atoms with Gasteiger partial charge in [0, 0.05) is 6.08 Å². The molecular weight excluding hydrogens is 297 g/mol. The maximum Gasteiger partial charge on any atom is 1.00 e. The number of hydrogen-bond donors (Lipinski definition) is 1. The molecule has 0 saturated heterocycles. The van der Waals surface area contributed by atoms with Crippen LogP contribution in [0.25, 0.3) is 18.4 Å². The molecule has 0 aliphatic heterocycles. The average Bonchev–Trinajstić information content (AvgIpc) is 2.88. The Morgan fingerprint density at radius 2 is 1.95 bits per heavy atom. The van der Waals surface area contributed by atoms with Crippen LogP contribution in [0.4, 0.5) is 5.82 Å². The van der Waals surface area contributed by atoms with E-state index in [1.807, 2.05) is 0 Å². The van der Waals surface area contributed by atoms with Gasteiger partial charge >= 0.3 is 41.3 Å². The van der Waals surface area contributed by atoms with Gasteiger partial charge < -0.3 is 15.2 Å². The standard InChI is InChI=1S/C14H11N3O4.Na/c1-2-16-12(15-9-13(16)17(20)21)8-5-10-3-6-11(7-4-10)14(18)19;/h2-9H,1H2,(H,18,19);/q;+1/b8-5+;. The first-order valence-corrected chi connectivity index (χ1v) is 5.88. The van der Waals surface area contributed by atoms with E-state index in [0.29, 0.717) is 5.82 Å². The molecule has 106 valence electrons. The van der Waals surface area contributed by atoms with Crippen molar-refractivity contribution in [3.63, 3.8) is 0 Å². The number of aromatic carboxylic acids is 1. The van der Waals surface area contributed by atoms with Gasteiger partial charge in [-0.3, -0.25) is 0 Å². The zero-order chi connectivity index (χ0) is 15.4. The summed E-state index contributed by atoms with van der Waals surface area (Å²) in [6.45, 7) is 3.51. The maximum absolute atomic E-state index is 10.8. The van der Waals surface area contributed by atoms with Gasteiger partial charge in [-0.1, -0.05) is 18.7 Å². The Bertz CT molecular complexity index is 735. The Hall–Kier alpha value is -2.22. The van der Waals surface area contributed by atoms with E-state index in [2.05, 4.69) is 11.6 Å². The van der Waals surface area contributed by atoms with Crippen molar-refractivity contribution in [3.8, 4) is 0 Å². The number of nitrogens with zero attached hydrogens (tertiary/aromatic N) is 3. The zero-order valence-electron chi connectivity index (χ0n) is 11.8. The first-order valence-electron chi connectivity index (χ1n) is 5.88. The van der Waals surface area contributed by atoms with Crippen LogP contribution >= 0.6 is 0 Å². The number of aromatic nitrogens is 2. The molecule has 0 spiro atoms. The molecule has 2 rings (SSSR count). The third-order valence-electron chi connectivity index (χ3n) is 2.76. The van der Waals surface area contributed by atoms with Gasteiger partial charge in [0.1, 0.15) is 6.20 Å². The minimum atomic E-state index is -0.997. The van der Waals surface area contributed by atoms with Gasteiger partial charge in [0.15, 0.2) is 0 Å². The van der Waals surface area contributed by atoms with Gasteiger partial charge in [-0.25, -0.2) is 9.78 Å².